The largest absolute Gasteiger partial charge is 0.481 e. The fourth-order valence-electron chi connectivity index (χ4n) is 2.03. The van der Waals surface area contributed by atoms with Crippen molar-refractivity contribution in [2.75, 3.05) is 6.54 Å². The van der Waals surface area contributed by atoms with E-state index in [-0.39, 0.29) is 12.5 Å². The van der Waals surface area contributed by atoms with E-state index < -0.39 is 17.9 Å². The number of carbonyl (C=O) groups is 3. The van der Waals surface area contributed by atoms with E-state index in [9.17, 15) is 14.4 Å². The van der Waals surface area contributed by atoms with E-state index in [2.05, 4.69) is 16.2 Å². The molecule has 7 nitrogen and oxygen atoms in total. The maximum atomic E-state index is 12.0. The molecular formula is C18H21N3O4S. The molecular weight excluding hydrogens is 354 g/mol. The lowest BCUT2D eigenvalue weighted by Crippen LogP contribution is -2.50. The van der Waals surface area contributed by atoms with Gasteiger partial charge in [-0.1, -0.05) is 18.2 Å². The summed E-state index contributed by atoms with van der Waals surface area (Å²) in [5, 5.41) is 4.24. The molecule has 1 aromatic heterocycles. The van der Waals surface area contributed by atoms with Crippen molar-refractivity contribution in [1.29, 1.82) is 0 Å². The van der Waals surface area contributed by atoms with Crippen molar-refractivity contribution in [2.45, 2.75) is 26.9 Å². The molecule has 0 saturated carbocycles. The van der Waals surface area contributed by atoms with Crippen molar-refractivity contribution in [3.8, 4) is 5.75 Å². The van der Waals surface area contributed by atoms with Gasteiger partial charge in [0.2, 0.25) is 0 Å². The summed E-state index contributed by atoms with van der Waals surface area (Å²) in [4.78, 5) is 36.0. The summed E-state index contributed by atoms with van der Waals surface area (Å²) >= 11 is 1.28. The van der Waals surface area contributed by atoms with Gasteiger partial charge in [0.1, 0.15) is 5.75 Å². The summed E-state index contributed by atoms with van der Waals surface area (Å²) in [6, 6.07) is 8.99. The van der Waals surface area contributed by atoms with Crippen LogP contribution < -0.4 is 20.9 Å². The van der Waals surface area contributed by atoms with Crippen LogP contribution in [0.1, 0.15) is 27.7 Å². The van der Waals surface area contributed by atoms with Gasteiger partial charge >= 0.3 is 0 Å². The third-order valence-electron chi connectivity index (χ3n) is 3.71. The molecule has 8 heteroatoms. The number of nitrogens with one attached hydrogen (secondary N) is 3. The summed E-state index contributed by atoms with van der Waals surface area (Å²) in [6.07, 6.45) is -0.795. The van der Waals surface area contributed by atoms with E-state index in [1.54, 1.807) is 30.5 Å². The fourth-order valence-corrected chi connectivity index (χ4v) is 2.67. The molecule has 1 atom stereocenters. The van der Waals surface area contributed by atoms with Gasteiger partial charge in [0.15, 0.2) is 6.10 Å². The lowest BCUT2D eigenvalue weighted by Gasteiger charge is -2.17. The average Bonchev–Trinajstić information content (AvgIpc) is 3.16. The first-order chi connectivity index (χ1) is 12.4. The van der Waals surface area contributed by atoms with Gasteiger partial charge in [-0.25, -0.2) is 0 Å². The molecule has 0 saturated heterocycles. The first kappa shape index (κ1) is 19.5. The van der Waals surface area contributed by atoms with Gasteiger partial charge in [-0.2, -0.15) is 0 Å². The number of hydrogen-bond donors (Lipinski definition) is 3. The lowest BCUT2D eigenvalue weighted by atomic mass is 10.1. The Labute approximate surface area is 155 Å². The van der Waals surface area contributed by atoms with Crippen molar-refractivity contribution in [3.05, 3.63) is 51.7 Å². The van der Waals surface area contributed by atoms with Crippen LogP contribution in [0.15, 0.2) is 35.7 Å². The monoisotopic (exact) mass is 375 g/mol. The number of hydrazine groups is 1. The van der Waals surface area contributed by atoms with Gasteiger partial charge in [-0.05, 0) is 49.4 Å². The highest BCUT2D eigenvalue weighted by molar-refractivity contribution is 7.12. The highest BCUT2D eigenvalue weighted by Crippen LogP contribution is 2.21. The highest BCUT2D eigenvalue weighted by Gasteiger charge is 2.17. The van der Waals surface area contributed by atoms with Crippen LogP contribution in [0, 0.1) is 13.8 Å². The molecule has 0 radical (unpaired) electrons. The third-order valence-corrected chi connectivity index (χ3v) is 4.58. The van der Waals surface area contributed by atoms with Crippen molar-refractivity contribution in [3.63, 3.8) is 0 Å². The molecule has 26 heavy (non-hydrogen) atoms. The van der Waals surface area contributed by atoms with Crippen LogP contribution in [0.25, 0.3) is 0 Å². The van der Waals surface area contributed by atoms with Crippen molar-refractivity contribution < 1.29 is 19.1 Å². The Balaban J connectivity index is 1.75. The van der Waals surface area contributed by atoms with Crippen LogP contribution in [0.3, 0.4) is 0 Å². The first-order valence-electron chi connectivity index (χ1n) is 8.01. The Morgan fingerprint density at radius 2 is 1.88 bits per heavy atom. The van der Waals surface area contributed by atoms with Crippen molar-refractivity contribution >= 4 is 29.1 Å². The summed E-state index contributed by atoms with van der Waals surface area (Å²) in [5.74, 6) is -0.763. The minimum Gasteiger partial charge on any atom is -0.481 e. The smallest absolute Gasteiger partial charge is 0.279 e. The number of hydrogen-bond acceptors (Lipinski definition) is 5. The zero-order valence-corrected chi connectivity index (χ0v) is 15.6. The average molecular weight is 375 g/mol. The number of amides is 3. The Bertz CT molecular complexity index is 790. The zero-order chi connectivity index (χ0) is 19.1. The Hall–Kier alpha value is -2.87. The van der Waals surface area contributed by atoms with Gasteiger partial charge in [0.25, 0.3) is 17.7 Å². The van der Waals surface area contributed by atoms with Crippen LogP contribution in [-0.4, -0.2) is 30.4 Å². The summed E-state index contributed by atoms with van der Waals surface area (Å²) in [5.41, 5.74) is 6.54. The second-order valence-corrected chi connectivity index (χ2v) is 6.60. The van der Waals surface area contributed by atoms with Crippen molar-refractivity contribution in [2.24, 2.45) is 0 Å². The van der Waals surface area contributed by atoms with E-state index in [4.69, 9.17) is 4.74 Å². The van der Waals surface area contributed by atoms with Crippen LogP contribution in [0.2, 0.25) is 0 Å². The molecule has 3 amide bonds. The minimum absolute atomic E-state index is 0.247. The molecule has 138 valence electrons. The maximum Gasteiger partial charge on any atom is 0.279 e. The predicted octanol–water partition coefficient (Wildman–Crippen LogP) is 1.71. The number of aryl methyl sites for hydroxylation is 1. The number of benzene rings is 1. The Kier molecular flexibility index (Phi) is 6.74. The molecule has 0 unspecified atom stereocenters. The standard InChI is InChI=1S/C18H21N3O4S/c1-11-6-4-7-14(12(11)2)25-13(3)17(23)21-20-16(22)10-19-18(24)15-8-5-9-26-15/h4-9,13H,10H2,1-3H3,(H,19,24)(H,20,22)(H,21,23)/t13-/m0/s1. The van der Waals surface area contributed by atoms with Crippen LogP contribution >= 0.6 is 11.3 Å². The Morgan fingerprint density at radius 3 is 2.58 bits per heavy atom. The molecule has 3 N–H and O–H groups in total. The van der Waals surface area contributed by atoms with Gasteiger partial charge in [0, 0.05) is 0 Å². The molecule has 2 rings (SSSR count). The fraction of sp³-hybridized carbons (Fsp3) is 0.278. The molecule has 1 aromatic carbocycles. The molecule has 2 aromatic rings. The van der Waals surface area contributed by atoms with E-state index in [1.165, 1.54) is 11.3 Å². The van der Waals surface area contributed by atoms with E-state index in [0.29, 0.717) is 10.6 Å². The first-order valence-corrected chi connectivity index (χ1v) is 8.89. The summed E-state index contributed by atoms with van der Waals surface area (Å²) in [6.45, 7) is 5.20. The maximum absolute atomic E-state index is 12.0. The Morgan fingerprint density at radius 1 is 1.12 bits per heavy atom. The van der Waals surface area contributed by atoms with E-state index >= 15 is 0 Å². The predicted molar refractivity (Wildman–Crippen MR) is 98.9 cm³/mol. The number of rotatable bonds is 6. The van der Waals surface area contributed by atoms with E-state index in [0.717, 1.165) is 11.1 Å². The highest BCUT2D eigenvalue weighted by atomic mass is 32.1. The molecule has 0 fully saturated rings. The minimum atomic E-state index is -0.795. The molecule has 0 aliphatic rings. The van der Waals surface area contributed by atoms with Crippen LogP contribution in [0.5, 0.6) is 5.75 Å². The SMILES string of the molecule is Cc1cccc(O[C@@H](C)C(=O)NNC(=O)CNC(=O)c2cccs2)c1C. The molecule has 0 aliphatic heterocycles. The van der Waals surface area contributed by atoms with Gasteiger partial charge in [-0.3, -0.25) is 25.2 Å². The zero-order valence-electron chi connectivity index (χ0n) is 14.8. The number of thiophene rings is 1. The molecule has 1 heterocycles. The molecule has 0 aliphatic carbocycles. The molecule has 0 spiro atoms. The van der Waals surface area contributed by atoms with Crippen LogP contribution in [0.4, 0.5) is 0 Å². The van der Waals surface area contributed by atoms with Gasteiger partial charge in [0.05, 0.1) is 11.4 Å². The summed E-state index contributed by atoms with van der Waals surface area (Å²) < 4.78 is 5.64. The number of ether oxygens (including phenoxy) is 1. The van der Waals surface area contributed by atoms with Gasteiger partial charge in [-0.15, -0.1) is 11.3 Å². The van der Waals surface area contributed by atoms with E-state index in [1.807, 2.05) is 26.0 Å². The van der Waals surface area contributed by atoms with Gasteiger partial charge < -0.3 is 10.1 Å². The lowest BCUT2D eigenvalue weighted by molar-refractivity contribution is -0.132. The normalized spacial score (nSPS) is 11.3. The second-order valence-electron chi connectivity index (χ2n) is 5.66. The summed E-state index contributed by atoms with van der Waals surface area (Å²) in [7, 11) is 0. The second kappa shape index (κ2) is 9.00. The molecule has 0 bridgehead atoms. The van der Waals surface area contributed by atoms with Crippen molar-refractivity contribution in [1.82, 2.24) is 16.2 Å². The topological polar surface area (TPSA) is 96.5 Å². The number of carbonyl (C=O) groups excluding carboxylic acids is 3. The quantitative estimate of drug-likeness (QED) is 0.670. The van der Waals surface area contributed by atoms with Crippen LogP contribution in [-0.2, 0) is 9.59 Å². The third kappa shape index (κ3) is 5.32.